The molecule has 0 aliphatic carbocycles. The molecule has 3 nitrogen and oxygen atoms in total. The summed E-state index contributed by atoms with van der Waals surface area (Å²) >= 11 is 1.44. The lowest BCUT2D eigenvalue weighted by molar-refractivity contribution is -0.131. The maximum atomic E-state index is 13.3. The van der Waals surface area contributed by atoms with Crippen LogP contribution in [-0.2, 0) is 24.2 Å². The largest absolute Gasteiger partial charge is 0.338 e. The van der Waals surface area contributed by atoms with Gasteiger partial charge in [-0.15, -0.1) is 11.3 Å². The fourth-order valence-corrected chi connectivity index (χ4v) is 3.93. The van der Waals surface area contributed by atoms with Gasteiger partial charge in [0.2, 0.25) is 5.91 Å². The molecular weight excluding hydrogens is 335 g/mol. The van der Waals surface area contributed by atoms with Crippen LogP contribution in [0.4, 0.5) is 4.39 Å². The molecule has 25 heavy (non-hydrogen) atoms. The summed E-state index contributed by atoms with van der Waals surface area (Å²) in [5, 5.41) is 2.63. The maximum absolute atomic E-state index is 13.3. The molecule has 3 aromatic rings. The van der Waals surface area contributed by atoms with Gasteiger partial charge in [0.15, 0.2) is 0 Å². The number of halogens is 1. The summed E-state index contributed by atoms with van der Waals surface area (Å²) in [6.07, 6.45) is 1.18. The first-order chi connectivity index (χ1) is 12.2. The smallest absolute Gasteiger partial charge is 0.228 e. The van der Waals surface area contributed by atoms with Crippen molar-refractivity contribution in [2.75, 3.05) is 6.54 Å². The standard InChI is InChI=1S/C20H17FN2OS/c21-17-7-3-6-15(10-17)20-22-18(13-25-20)11-19(24)23-9-8-14-4-1-2-5-16(14)12-23/h1-7,10,13H,8-9,11-12H2. The van der Waals surface area contributed by atoms with Crippen molar-refractivity contribution in [3.63, 3.8) is 0 Å². The van der Waals surface area contributed by atoms with Crippen LogP contribution in [0.15, 0.2) is 53.9 Å². The highest BCUT2D eigenvalue weighted by Crippen LogP contribution is 2.25. The third-order valence-electron chi connectivity index (χ3n) is 4.44. The average Bonchev–Trinajstić information content (AvgIpc) is 3.10. The minimum atomic E-state index is -0.280. The molecule has 1 amide bonds. The molecule has 2 heterocycles. The van der Waals surface area contributed by atoms with Gasteiger partial charge in [0.05, 0.1) is 12.1 Å². The predicted octanol–water partition coefficient (Wildman–Crippen LogP) is 4.08. The molecule has 0 spiro atoms. The van der Waals surface area contributed by atoms with Gasteiger partial charge in [-0.1, -0.05) is 36.4 Å². The fourth-order valence-electron chi connectivity index (χ4n) is 3.12. The molecule has 4 rings (SSSR count). The number of fused-ring (bicyclic) bond motifs is 1. The molecule has 0 N–H and O–H groups in total. The average molecular weight is 352 g/mol. The van der Waals surface area contributed by atoms with Gasteiger partial charge in [-0.2, -0.15) is 0 Å². The molecule has 0 radical (unpaired) electrons. The number of carbonyl (C=O) groups is 1. The van der Waals surface area contributed by atoms with Crippen molar-refractivity contribution in [2.24, 2.45) is 0 Å². The van der Waals surface area contributed by atoms with E-state index < -0.39 is 0 Å². The number of amides is 1. The third kappa shape index (κ3) is 3.46. The van der Waals surface area contributed by atoms with Crippen LogP contribution >= 0.6 is 11.3 Å². The number of nitrogens with zero attached hydrogens (tertiary/aromatic N) is 2. The van der Waals surface area contributed by atoms with Gasteiger partial charge in [0.25, 0.3) is 0 Å². The molecule has 0 saturated heterocycles. The van der Waals surface area contributed by atoms with Crippen molar-refractivity contribution < 1.29 is 9.18 Å². The molecule has 0 saturated carbocycles. The van der Waals surface area contributed by atoms with E-state index in [1.54, 1.807) is 6.07 Å². The van der Waals surface area contributed by atoms with Gasteiger partial charge < -0.3 is 4.90 Å². The van der Waals surface area contributed by atoms with Crippen LogP contribution in [-0.4, -0.2) is 22.3 Å². The van der Waals surface area contributed by atoms with E-state index >= 15 is 0 Å². The first-order valence-corrected chi connectivity index (χ1v) is 9.12. The zero-order chi connectivity index (χ0) is 17.2. The van der Waals surface area contributed by atoms with Gasteiger partial charge in [-0.25, -0.2) is 9.37 Å². The number of carbonyl (C=O) groups excluding carboxylic acids is 1. The topological polar surface area (TPSA) is 33.2 Å². The van der Waals surface area contributed by atoms with Crippen molar-refractivity contribution in [3.8, 4) is 10.6 Å². The van der Waals surface area contributed by atoms with Gasteiger partial charge in [-0.05, 0) is 29.7 Å². The third-order valence-corrected chi connectivity index (χ3v) is 5.38. The second-order valence-electron chi connectivity index (χ2n) is 6.17. The van der Waals surface area contributed by atoms with Crippen molar-refractivity contribution in [1.82, 2.24) is 9.88 Å². The first-order valence-electron chi connectivity index (χ1n) is 8.24. The molecule has 2 aromatic carbocycles. The Hall–Kier alpha value is -2.53. The van der Waals surface area contributed by atoms with Gasteiger partial charge >= 0.3 is 0 Å². The molecule has 1 aliphatic rings. The zero-order valence-electron chi connectivity index (χ0n) is 13.6. The van der Waals surface area contributed by atoms with Crippen LogP contribution in [0.3, 0.4) is 0 Å². The monoisotopic (exact) mass is 352 g/mol. The molecule has 0 unspecified atom stereocenters. The Balaban J connectivity index is 1.45. The van der Waals surface area contributed by atoms with Crippen LogP contribution in [0.2, 0.25) is 0 Å². The molecule has 1 aliphatic heterocycles. The minimum Gasteiger partial charge on any atom is -0.338 e. The van der Waals surface area contributed by atoms with Crippen LogP contribution in [0.5, 0.6) is 0 Å². The Kier molecular flexibility index (Phi) is 4.32. The summed E-state index contributed by atoms with van der Waals surface area (Å²) in [7, 11) is 0. The number of benzene rings is 2. The molecule has 126 valence electrons. The number of thiazole rings is 1. The predicted molar refractivity (Wildman–Crippen MR) is 96.8 cm³/mol. The SMILES string of the molecule is O=C(Cc1csc(-c2cccc(F)c2)n1)N1CCc2ccccc2C1. The van der Waals surface area contributed by atoms with Crippen molar-refractivity contribution in [2.45, 2.75) is 19.4 Å². The number of rotatable bonds is 3. The lowest BCUT2D eigenvalue weighted by Gasteiger charge is -2.28. The molecule has 0 atom stereocenters. The van der Waals surface area contributed by atoms with Gasteiger partial charge in [0, 0.05) is 24.0 Å². The van der Waals surface area contributed by atoms with Crippen LogP contribution in [0, 0.1) is 5.82 Å². The Morgan fingerprint density at radius 2 is 2.00 bits per heavy atom. The van der Waals surface area contributed by atoms with E-state index in [0.29, 0.717) is 6.54 Å². The molecular formula is C20H17FN2OS. The number of hydrogen-bond donors (Lipinski definition) is 0. The van der Waals surface area contributed by atoms with Crippen LogP contribution in [0.1, 0.15) is 16.8 Å². The summed E-state index contributed by atoms with van der Waals surface area (Å²) in [5.74, 6) is -0.192. The van der Waals surface area contributed by atoms with E-state index in [4.69, 9.17) is 0 Å². The molecule has 0 bridgehead atoms. The summed E-state index contributed by atoms with van der Waals surface area (Å²) in [6.45, 7) is 1.41. The molecule has 0 fully saturated rings. The van der Waals surface area contributed by atoms with Gasteiger partial charge in [-0.3, -0.25) is 4.79 Å². The first kappa shape index (κ1) is 16.0. The van der Waals surface area contributed by atoms with E-state index in [1.165, 1.54) is 34.6 Å². The normalized spacial score (nSPS) is 13.6. The molecule has 5 heteroatoms. The number of hydrogen-bond acceptors (Lipinski definition) is 3. The highest BCUT2D eigenvalue weighted by atomic mass is 32.1. The highest BCUT2D eigenvalue weighted by Gasteiger charge is 2.21. The lowest BCUT2D eigenvalue weighted by atomic mass is 10.00. The Bertz CT molecular complexity index is 921. The summed E-state index contributed by atoms with van der Waals surface area (Å²) < 4.78 is 13.3. The minimum absolute atomic E-state index is 0.0885. The quantitative estimate of drug-likeness (QED) is 0.712. The summed E-state index contributed by atoms with van der Waals surface area (Å²) in [4.78, 5) is 19.0. The Labute approximate surface area is 149 Å². The lowest BCUT2D eigenvalue weighted by Crippen LogP contribution is -2.36. The van der Waals surface area contributed by atoms with E-state index in [9.17, 15) is 9.18 Å². The van der Waals surface area contributed by atoms with Crippen molar-refractivity contribution >= 4 is 17.2 Å². The van der Waals surface area contributed by atoms with Crippen LogP contribution < -0.4 is 0 Å². The fraction of sp³-hybridized carbons (Fsp3) is 0.200. The number of aromatic nitrogens is 1. The van der Waals surface area contributed by atoms with E-state index in [2.05, 4.69) is 17.1 Å². The van der Waals surface area contributed by atoms with Crippen LogP contribution in [0.25, 0.3) is 10.6 Å². The summed E-state index contributed by atoms with van der Waals surface area (Å²) in [6, 6.07) is 14.6. The van der Waals surface area contributed by atoms with E-state index in [1.807, 2.05) is 28.5 Å². The van der Waals surface area contributed by atoms with E-state index in [-0.39, 0.29) is 18.1 Å². The highest BCUT2D eigenvalue weighted by molar-refractivity contribution is 7.13. The molecule has 1 aromatic heterocycles. The van der Waals surface area contributed by atoms with E-state index in [0.717, 1.165) is 29.2 Å². The summed E-state index contributed by atoms with van der Waals surface area (Å²) in [5.41, 5.74) is 4.04. The van der Waals surface area contributed by atoms with Crippen molar-refractivity contribution in [1.29, 1.82) is 0 Å². The second kappa shape index (κ2) is 6.76. The maximum Gasteiger partial charge on any atom is 0.228 e. The zero-order valence-corrected chi connectivity index (χ0v) is 14.4. The van der Waals surface area contributed by atoms with Crippen molar-refractivity contribution in [3.05, 3.63) is 76.5 Å². The second-order valence-corrected chi connectivity index (χ2v) is 7.02. The van der Waals surface area contributed by atoms with Gasteiger partial charge in [0.1, 0.15) is 10.8 Å². The Morgan fingerprint density at radius 3 is 2.84 bits per heavy atom. The Morgan fingerprint density at radius 1 is 1.16 bits per heavy atom.